The molecule has 2 aromatic heterocycles. The Kier molecular flexibility index (Phi) is 5.25. The first kappa shape index (κ1) is 24.9. The molecule has 0 bridgehead atoms. The van der Waals surface area contributed by atoms with Crippen LogP contribution in [0.1, 0.15) is 49.9 Å². The van der Waals surface area contributed by atoms with E-state index < -0.39 is 0 Å². The molecule has 2 heterocycles. The van der Waals surface area contributed by atoms with Crippen molar-refractivity contribution in [2.75, 3.05) is 0 Å². The lowest BCUT2D eigenvalue weighted by Crippen LogP contribution is -2.19. The van der Waals surface area contributed by atoms with Gasteiger partial charge in [-0.1, -0.05) is 107 Å². The number of hydrogen-bond donors (Lipinski definition) is 0. The highest BCUT2D eigenvalue weighted by atomic mass is 14.7. The summed E-state index contributed by atoms with van der Waals surface area (Å²) in [7, 11) is 0. The van der Waals surface area contributed by atoms with Crippen LogP contribution in [0, 0.1) is 0 Å². The Labute approximate surface area is 247 Å². The third kappa shape index (κ3) is 3.58. The number of fused-ring (bicyclic) bond motifs is 5. The summed E-state index contributed by atoms with van der Waals surface area (Å²) in [6.07, 6.45) is 3.91. The first-order valence-electron chi connectivity index (χ1n) is 14.7. The average molecular weight is 541 g/mol. The molecular formula is C40H32N2. The lowest BCUT2D eigenvalue weighted by atomic mass is 9.75. The number of hydrogen-bond acceptors (Lipinski definition) is 2. The van der Waals surface area contributed by atoms with Gasteiger partial charge in [0.25, 0.3) is 0 Å². The Hall–Kier alpha value is -4.82. The SMILES string of the molecule is CC1(C)C2=C(c3ccc(-c4ccccc4)cc31)C(C)(C)c1cc(-c3ccc(-c4cnc5ccccc5c4)cn3)ccc12. The predicted molar refractivity (Wildman–Crippen MR) is 175 cm³/mol. The second-order valence-corrected chi connectivity index (χ2v) is 12.7. The molecule has 0 saturated heterocycles. The zero-order valence-electron chi connectivity index (χ0n) is 24.4. The van der Waals surface area contributed by atoms with Crippen LogP contribution in [-0.4, -0.2) is 9.97 Å². The van der Waals surface area contributed by atoms with Crippen LogP contribution < -0.4 is 0 Å². The van der Waals surface area contributed by atoms with Crippen molar-refractivity contribution in [2.45, 2.75) is 38.5 Å². The Morgan fingerprint density at radius 3 is 1.74 bits per heavy atom. The zero-order valence-corrected chi connectivity index (χ0v) is 24.4. The van der Waals surface area contributed by atoms with Gasteiger partial charge < -0.3 is 0 Å². The normalized spacial score (nSPS) is 15.9. The van der Waals surface area contributed by atoms with Crippen LogP contribution in [0.2, 0.25) is 0 Å². The summed E-state index contributed by atoms with van der Waals surface area (Å²) in [4.78, 5) is 9.55. The minimum absolute atomic E-state index is 0.0761. The standard InChI is InChI=1S/C40H32N2/c1-39(2)33-21-26(25-10-6-5-7-11-25)14-17-31(33)37-38(39)32-18-15-28(22-34(32)40(37,3)4)36-19-16-29(23-41-36)30-20-27-12-8-9-13-35(27)42-24-30/h5-24H,1-4H3. The minimum atomic E-state index is -0.103. The van der Waals surface area contributed by atoms with Gasteiger partial charge in [0.2, 0.25) is 0 Å². The highest BCUT2D eigenvalue weighted by Gasteiger charge is 2.49. The van der Waals surface area contributed by atoms with Crippen LogP contribution in [0.5, 0.6) is 0 Å². The first-order valence-corrected chi connectivity index (χ1v) is 14.7. The van der Waals surface area contributed by atoms with Crippen LogP contribution >= 0.6 is 0 Å². The monoisotopic (exact) mass is 540 g/mol. The second-order valence-electron chi connectivity index (χ2n) is 12.7. The number of nitrogens with zero attached hydrogens (tertiary/aromatic N) is 2. The number of rotatable bonds is 3. The van der Waals surface area contributed by atoms with E-state index >= 15 is 0 Å². The molecule has 6 aromatic rings. The zero-order chi connectivity index (χ0) is 28.6. The molecule has 0 fully saturated rings. The third-order valence-corrected chi connectivity index (χ3v) is 9.51. The first-order chi connectivity index (χ1) is 20.3. The third-order valence-electron chi connectivity index (χ3n) is 9.51. The fourth-order valence-electron chi connectivity index (χ4n) is 7.33. The maximum absolute atomic E-state index is 4.91. The summed E-state index contributed by atoms with van der Waals surface area (Å²) < 4.78 is 0. The van der Waals surface area contributed by atoms with E-state index in [2.05, 4.69) is 130 Å². The van der Waals surface area contributed by atoms with Gasteiger partial charge in [0.05, 0.1) is 11.2 Å². The maximum atomic E-state index is 4.91. The Bertz CT molecular complexity index is 2060. The highest BCUT2D eigenvalue weighted by molar-refractivity contribution is 6.10. The molecule has 0 spiro atoms. The van der Waals surface area contributed by atoms with E-state index in [1.807, 2.05) is 24.5 Å². The molecule has 202 valence electrons. The molecule has 2 heteroatoms. The van der Waals surface area contributed by atoms with Crippen molar-refractivity contribution < 1.29 is 0 Å². The van der Waals surface area contributed by atoms with E-state index in [1.54, 1.807) is 0 Å². The quantitative estimate of drug-likeness (QED) is 0.223. The Balaban J connectivity index is 1.15. The molecule has 0 N–H and O–H groups in total. The van der Waals surface area contributed by atoms with E-state index in [-0.39, 0.29) is 10.8 Å². The van der Waals surface area contributed by atoms with Gasteiger partial charge in [-0.05, 0) is 74.9 Å². The van der Waals surface area contributed by atoms with Crippen molar-refractivity contribution in [3.8, 4) is 33.5 Å². The van der Waals surface area contributed by atoms with Gasteiger partial charge in [-0.25, -0.2) is 0 Å². The van der Waals surface area contributed by atoms with E-state index in [1.165, 1.54) is 44.5 Å². The van der Waals surface area contributed by atoms with Crippen LogP contribution in [0.25, 0.3) is 55.6 Å². The lowest BCUT2D eigenvalue weighted by molar-refractivity contribution is 0.694. The van der Waals surface area contributed by atoms with Gasteiger partial charge >= 0.3 is 0 Å². The van der Waals surface area contributed by atoms with Gasteiger partial charge in [-0.15, -0.1) is 0 Å². The number of benzene rings is 4. The number of aromatic nitrogens is 2. The van der Waals surface area contributed by atoms with Crippen molar-refractivity contribution in [1.82, 2.24) is 9.97 Å². The van der Waals surface area contributed by atoms with Gasteiger partial charge in [0.1, 0.15) is 0 Å². The Morgan fingerprint density at radius 1 is 0.452 bits per heavy atom. The molecule has 0 aliphatic heterocycles. The summed E-state index contributed by atoms with van der Waals surface area (Å²) in [5.41, 5.74) is 16.2. The number of allylic oxidation sites excluding steroid dienone is 2. The van der Waals surface area contributed by atoms with Crippen LogP contribution in [0.3, 0.4) is 0 Å². The van der Waals surface area contributed by atoms with Crippen LogP contribution in [0.15, 0.2) is 122 Å². The van der Waals surface area contributed by atoms with Crippen molar-refractivity contribution in [2.24, 2.45) is 0 Å². The summed E-state index contributed by atoms with van der Waals surface area (Å²) in [5, 5.41) is 1.14. The topological polar surface area (TPSA) is 25.8 Å². The van der Waals surface area contributed by atoms with Crippen molar-refractivity contribution in [3.05, 3.63) is 144 Å². The van der Waals surface area contributed by atoms with Crippen LogP contribution in [-0.2, 0) is 10.8 Å². The molecule has 2 aliphatic carbocycles. The van der Waals surface area contributed by atoms with Gasteiger partial charge in [0.15, 0.2) is 0 Å². The molecule has 4 aromatic carbocycles. The van der Waals surface area contributed by atoms with E-state index in [0.29, 0.717) is 0 Å². The van der Waals surface area contributed by atoms with E-state index in [4.69, 9.17) is 4.98 Å². The maximum Gasteiger partial charge on any atom is 0.0702 e. The predicted octanol–water partition coefficient (Wildman–Crippen LogP) is 10.1. The molecule has 0 atom stereocenters. The molecule has 0 unspecified atom stereocenters. The molecule has 8 rings (SSSR count). The summed E-state index contributed by atoms with van der Waals surface area (Å²) >= 11 is 0. The Morgan fingerprint density at radius 2 is 1.05 bits per heavy atom. The molecule has 0 saturated carbocycles. The minimum Gasteiger partial charge on any atom is -0.256 e. The number of para-hydroxylation sites is 1. The highest BCUT2D eigenvalue weighted by Crippen LogP contribution is 2.63. The fraction of sp³-hybridized carbons (Fsp3) is 0.150. The summed E-state index contributed by atoms with van der Waals surface area (Å²) in [6, 6.07) is 39.5. The van der Waals surface area contributed by atoms with Gasteiger partial charge in [-0.2, -0.15) is 0 Å². The molecule has 2 nitrogen and oxygen atoms in total. The summed E-state index contributed by atoms with van der Waals surface area (Å²) in [5.74, 6) is 0. The average Bonchev–Trinajstić information content (AvgIpc) is 3.42. The van der Waals surface area contributed by atoms with Crippen molar-refractivity contribution in [3.63, 3.8) is 0 Å². The van der Waals surface area contributed by atoms with Gasteiger partial charge in [-0.3, -0.25) is 9.97 Å². The molecule has 0 radical (unpaired) electrons. The van der Waals surface area contributed by atoms with Crippen molar-refractivity contribution >= 4 is 22.0 Å². The van der Waals surface area contributed by atoms with Crippen LogP contribution in [0.4, 0.5) is 0 Å². The molecule has 2 aliphatic rings. The fourth-order valence-corrected chi connectivity index (χ4v) is 7.33. The van der Waals surface area contributed by atoms with Gasteiger partial charge in [0, 0.05) is 45.3 Å². The second kappa shape index (κ2) is 8.84. The number of pyridine rings is 2. The lowest BCUT2D eigenvalue weighted by Gasteiger charge is -2.28. The smallest absolute Gasteiger partial charge is 0.0702 e. The van der Waals surface area contributed by atoms with E-state index in [9.17, 15) is 0 Å². The molecule has 0 amide bonds. The largest absolute Gasteiger partial charge is 0.256 e. The van der Waals surface area contributed by atoms with Crippen molar-refractivity contribution in [1.29, 1.82) is 0 Å². The molecule has 42 heavy (non-hydrogen) atoms. The van der Waals surface area contributed by atoms with E-state index in [0.717, 1.165) is 33.3 Å². The summed E-state index contributed by atoms with van der Waals surface area (Å²) in [6.45, 7) is 9.56. The molecular weight excluding hydrogens is 508 g/mol.